The molecule has 1 saturated carbocycles. The van der Waals surface area contributed by atoms with Crippen molar-refractivity contribution < 1.29 is 13.6 Å². The summed E-state index contributed by atoms with van der Waals surface area (Å²) in [7, 11) is 0. The van der Waals surface area contributed by atoms with Crippen LogP contribution >= 0.6 is 0 Å². The molecule has 1 aromatic heterocycles. The van der Waals surface area contributed by atoms with Crippen LogP contribution in [0.4, 0.5) is 8.78 Å². The highest BCUT2D eigenvalue weighted by Gasteiger charge is 2.31. The van der Waals surface area contributed by atoms with Crippen molar-refractivity contribution in [3.8, 4) is 0 Å². The summed E-state index contributed by atoms with van der Waals surface area (Å²) in [4.78, 5) is 12.0. The van der Waals surface area contributed by atoms with Gasteiger partial charge in [0.1, 0.15) is 5.69 Å². The molecule has 4 nitrogen and oxygen atoms in total. The summed E-state index contributed by atoms with van der Waals surface area (Å²) >= 11 is 0. The Balaban J connectivity index is 2.01. The maximum absolute atomic E-state index is 12.3. The van der Waals surface area contributed by atoms with Gasteiger partial charge in [0.05, 0.1) is 6.54 Å². The number of rotatable bonds is 6. The fourth-order valence-corrected chi connectivity index (χ4v) is 2.04. The van der Waals surface area contributed by atoms with E-state index in [1.165, 1.54) is 16.8 Å². The second-order valence-electron chi connectivity index (χ2n) is 4.59. The molecule has 0 bridgehead atoms. The minimum absolute atomic E-state index is 0.0487. The summed E-state index contributed by atoms with van der Waals surface area (Å²) in [5.41, 5.74) is 5.85. The van der Waals surface area contributed by atoms with Crippen LogP contribution in [0.2, 0.25) is 0 Å². The number of hydrogen-bond acceptors (Lipinski definition) is 2. The Labute approximate surface area is 104 Å². The molecule has 1 aliphatic rings. The summed E-state index contributed by atoms with van der Waals surface area (Å²) in [5, 5.41) is 2.82. The molecule has 3 N–H and O–H groups in total. The molecule has 0 spiro atoms. The van der Waals surface area contributed by atoms with E-state index in [2.05, 4.69) is 5.32 Å². The van der Waals surface area contributed by atoms with Gasteiger partial charge in [0.25, 0.3) is 12.3 Å². The highest BCUT2D eigenvalue weighted by atomic mass is 19.3. The summed E-state index contributed by atoms with van der Waals surface area (Å²) in [6, 6.07) is 3.08. The molecule has 1 aliphatic carbocycles. The molecule has 0 saturated heterocycles. The summed E-state index contributed by atoms with van der Waals surface area (Å²) in [6.45, 7) is -0.0849. The first-order valence-electron chi connectivity index (χ1n) is 6.06. The third-order valence-electron chi connectivity index (χ3n) is 3.16. The smallest absolute Gasteiger partial charge is 0.268 e. The molecular weight excluding hydrogens is 240 g/mol. The lowest BCUT2D eigenvalue weighted by Crippen LogP contribution is -2.42. The third-order valence-corrected chi connectivity index (χ3v) is 3.16. The van der Waals surface area contributed by atoms with Crippen LogP contribution < -0.4 is 11.1 Å². The van der Waals surface area contributed by atoms with Crippen molar-refractivity contribution in [1.29, 1.82) is 0 Å². The van der Waals surface area contributed by atoms with Gasteiger partial charge >= 0.3 is 0 Å². The molecule has 0 aliphatic heterocycles. The summed E-state index contributed by atoms with van der Waals surface area (Å²) in [5.74, 6) is 0.112. The van der Waals surface area contributed by atoms with Crippen LogP contribution in [0.25, 0.3) is 0 Å². The molecule has 1 amide bonds. The maximum atomic E-state index is 12.3. The topological polar surface area (TPSA) is 60.0 Å². The van der Waals surface area contributed by atoms with E-state index in [9.17, 15) is 13.6 Å². The normalized spacial score (nSPS) is 16.9. The van der Waals surface area contributed by atoms with Gasteiger partial charge < -0.3 is 15.6 Å². The first-order valence-corrected chi connectivity index (χ1v) is 6.06. The lowest BCUT2D eigenvalue weighted by atomic mass is 10.2. The van der Waals surface area contributed by atoms with Gasteiger partial charge in [-0.2, -0.15) is 0 Å². The maximum Gasteiger partial charge on any atom is 0.268 e. The molecule has 1 atom stereocenters. The monoisotopic (exact) mass is 257 g/mol. The van der Waals surface area contributed by atoms with E-state index in [-0.39, 0.29) is 17.6 Å². The largest absolute Gasteiger partial charge is 0.346 e. The van der Waals surface area contributed by atoms with E-state index < -0.39 is 13.0 Å². The second kappa shape index (κ2) is 5.48. The zero-order chi connectivity index (χ0) is 13.1. The standard InChI is InChI=1S/C12H17F2N3O/c13-11(14)7-17-5-1-2-10(17)12(18)16-9(6-15)8-3-4-8/h1-2,5,8-9,11H,3-4,6-7,15H2,(H,16,18). The fourth-order valence-electron chi connectivity index (χ4n) is 2.04. The van der Waals surface area contributed by atoms with E-state index in [4.69, 9.17) is 5.73 Å². The molecule has 1 aromatic rings. The molecule has 0 radical (unpaired) electrons. The molecule has 18 heavy (non-hydrogen) atoms. The highest BCUT2D eigenvalue weighted by molar-refractivity contribution is 5.93. The number of hydrogen-bond donors (Lipinski definition) is 2. The first kappa shape index (κ1) is 13.0. The Morgan fingerprint density at radius 3 is 2.83 bits per heavy atom. The molecule has 1 heterocycles. The third kappa shape index (κ3) is 3.07. The number of aromatic nitrogens is 1. The van der Waals surface area contributed by atoms with Crippen molar-refractivity contribution in [2.75, 3.05) is 6.54 Å². The molecule has 1 unspecified atom stereocenters. The Morgan fingerprint density at radius 1 is 1.56 bits per heavy atom. The van der Waals surface area contributed by atoms with Crippen molar-refractivity contribution in [3.05, 3.63) is 24.0 Å². The van der Waals surface area contributed by atoms with Gasteiger partial charge in [-0.1, -0.05) is 0 Å². The van der Waals surface area contributed by atoms with Gasteiger partial charge in [0.15, 0.2) is 0 Å². The summed E-state index contributed by atoms with van der Waals surface area (Å²) < 4.78 is 25.9. The van der Waals surface area contributed by atoms with Crippen molar-refractivity contribution in [3.63, 3.8) is 0 Å². The number of halogens is 2. The predicted octanol–water partition coefficient (Wildman–Crippen LogP) is 1.22. The molecule has 1 fully saturated rings. The highest BCUT2D eigenvalue weighted by Crippen LogP contribution is 2.32. The molecule has 6 heteroatoms. The molecule has 2 rings (SSSR count). The van der Waals surface area contributed by atoms with Crippen LogP contribution in [0.3, 0.4) is 0 Å². The van der Waals surface area contributed by atoms with E-state index in [1.807, 2.05) is 0 Å². The van der Waals surface area contributed by atoms with Gasteiger partial charge in [-0.3, -0.25) is 4.79 Å². The number of nitrogens with zero attached hydrogens (tertiary/aromatic N) is 1. The quantitative estimate of drug-likeness (QED) is 0.805. The minimum Gasteiger partial charge on any atom is -0.346 e. The second-order valence-corrected chi connectivity index (χ2v) is 4.59. The molecule has 0 aromatic carbocycles. The number of nitrogens with one attached hydrogen (secondary N) is 1. The zero-order valence-corrected chi connectivity index (χ0v) is 9.98. The fraction of sp³-hybridized carbons (Fsp3) is 0.583. The Hall–Kier alpha value is -1.43. The van der Waals surface area contributed by atoms with Gasteiger partial charge in [-0.05, 0) is 30.9 Å². The summed E-state index contributed by atoms with van der Waals surface area (Å²) in [6.07, 6.45) is 1.15. The Kier molecular flexibility index (Phi) is 3.96. The van der Waals surface area contributed by atoms with E-state index in [0.717, 1.165) is 12.8 Å². The van der Waals surface area contributed by atoms with E-state index >= 15 is 0 Å². The van der Waals surface area contributed by atoms with Gasteiger partial charge in [0.2, 0.25) is 0 Å². The number of carbonyl (C=O) groups is 1. The van der Waals surface area contributed by atoms with Gasteiger partial charge in [0, 0.05) is 18.8 Å². The van der Waals surface area contributed by atoms with Crippen LogP contribution in [0, 0.1) is 5.92 Å². The van der Waals surface area contributed by atoms with Crippen LogP contribution in [0.1, 0.15) is 23.3 Å². The molecule has 100 valence electrons. The number of alkyl halides is 2. The van der Waals surface area contributed by atoms with Gasteiger partial charge in [-0.15, -0.1) is 0 Å². The van der Waals surface area contributed by atoms with Crippen LogP contribution in [0.15, 0.2) is 18.3 Å². The van der Waals surface area contributed by atoms with Crippen LogP contribution in [0.5, 0.6) is 0 Å². The van der Waals surface area contributed by atoms with Crippen LogP contribution in [-0.4, -0.2) is 29.5 Å². The number of amides is 1. The number of carbonyl (C=O) groups excluding carboxylic acids is 1. The Bertz CT molecular complexity index is 415. The predicted molar refractivity (Wildman–Crippen MR) is 63.5 cm³/mol. The van der Waals surface area contributed by atoms with E-state index in [0.29, 0.717) is 12.5 Å². The van der Waals surface area contributed by atoms with Crippen molar-refractivity contribution in [2.24, 2.45) is 11.7 Å². The average molecular weight is 257 g/mol. The Morgan fingerprint density at radius 2 is 2.28 bits per heavy atom. The van der Waals surface area contributed by atoms with Gasteiger partial charge in [-0.25, -0.2) is 8.78 Å². The van der Waals surface area contributed by atoms with Crippen LogP contribution in [-0.2, 0) is 6.54 Å². The van der Waals surface area contributed by atoms with Crippen molar-refractivity contribution >= 4 is 5.91 Å². The van der Waals surface area contributed by atoms with Crippen molar-refractivity contribution in [1.82, 2.24) is 9.88 Å². The lowest BCUT2D eigenvalue weighted by molar-refractivity contribution is 0.0911. The average Bonchev–Trinajstić information content (AvgIpc) is 3.06. The SMILES string of the molecule is NCC(NC(=O)c1cccn1CC(F)F)C1CC1. The lowest BCUT2D eigenvalue weighted by Gasteiger charge is -2.17. The minimum atomic E-state index is -2.47. The first-order chi connectivity index (χ1) is 8.61. The van der Waals surface area contributed by atoms with E-state index in [1.54, 1.807) is 6.07 Å². The van der Waals surface area contributed by atoms with Crippen molar-refractivity contribution in [2.45, 2.75) is 31.9 Å². The number of nitrogens with two attached hydrogens (primary N) is 1. The zero-order valence-electron chi connectivity index (χ0n) is 9.98. The molecular formula is C12H17F2N3O.